The molecule has 0 bridgehead atoms. The van der Waals surface area contributed by atoms with E-state index in [2.05, 4.69) is 22.1 Å². The number of esters is 1. The first-order chi connectivity index (χ1) is 11.6. The zero-order valence-corrected chi connectivity index (χ0v) is 13.6. The predicted molar refractivity (Wildman–Crippen MR) is 87.2 cm³/mol. The molecule has 1 amide bonds. The summed E-state index contributed by atoms with van der Waals surface area (Å²) >= 11 is 0. The van der Waals surface area contributed by atoms with Crippen molar-refractivity contribution in [1.82, 2.24) is 15.5 Å². The van der Waals surface area contributed by atoms with E-state index in [-0.39, 0.29) is 18.9 Å². The molecule has 2 rings (SSSR count). The Morgan fingerprint density at radius 2 is 2.12 bits per heavy atom. The van der Waals surface area contributed by atoms with Crippen molar-refractivity contribution in [3.8, 4) is 11.5 Å². The first-order valence-electron chi connectivity index (χ1n) is 7.54. The quantitative estimate of drug-likeness (QED) is 0.618. The highest BCUT2D eigenvalue weighted by Crippen LogP contribution is 2.22. The number of ether oxygens (including phenoxy) is 1. The third-order valence-electron chi connectivity index (χ3n) is 3.21. The van der Waals surface area contributed by atoms with Crippen LogP contribution in [-0.4, -0.2) is 34.7 Å². The second-order valence-corrected chi connectivity index (χ2v) is 4.97. The molecule has 2 aromatic rings. The van der Waals surface area contributed by atoms with E-state index in [4.69, 9.17) is 9.15 Å². The van der Waals surface area contributed by atoms with Gasteiger partial charge >= 0.3 is 5.97 Å². The molecule has 0 saturated carbocycles. The van der Waals surface area contributed by atoms with Crippen LogP contribution in [0.5, 0.6) is 0 Å². The first kappa shape index (κ1) is 17.4. The molecule has 0 unspecified atom stereocenters. The summed E-state index contributed by atoms with van der Waals surface area (Å²) in [6.45, 7) is 7.21. The van der Waals surface area contributed by atoms with Gasteiger partial charge in [-0.05, 0) is 25.5 Å². The summed E-state index contributed by atoms with van der Waals surface area (Å²) in [6, 6.07) is 6.01. The number of hydrogen-bond donors (Lipinski definition) is 1. The lowest BCUT2D eigenvalue weighted by Crippen LogP contribution is -2.41. The van der Waals surface area contributed by atoms with E-state index in [1.54, 1.807) is 44.2 Å². The maximum atomic E-state index is 12.6. The number of carbonyl (C=O) groups is 2. The van der Waals surface area contributed by atoms with E-state index in [0.717, 1.165) is 0 Å². The smallest absolute Gasteiger partial charge is 0.328 e. The van der Waals surface area contributed by atoms with Crippen molar-refractivity contribution in [1.29, 1.82) is 0 Å². The molecule has 0 fully saturated rings. The number of carbonyl (C=O) groups excluding carboxylic acids is 2. The van der Waals surface area contributed by atoms with Crippen molar-refractivity contribution >= 4 is 11.9 Å². The minimum absolute atomic E-state index is 0.236. The van der Waals surface area contributed by atoms with E-state index in [9.17, 15) is 9.59 Å². The molecule has 1 N–H and O–H groups in total. The Bertz CT molecular complexity index is 739. The van der Waals surface area contributed by atoms with Gasteiger partial charge in [0.15, 0.2) is 0 Å². The average Bonchev–Trinajstić information content (AvgIpc) is 3.01. The Labute approximate surface area is 139 Å². The molecule has 7 heteroatoms. The van der Waals surface area contributed by atoms with Gasteiger partial charge in [-0.25, -0.2) is 4.79 Å². The van der Waals surface area contributed by atoms with Crippen molar-refractivity contribution < 1.29 is 18.7 Å². The SMILES string of the molecule is C=CC[C@@H](NC(=O)c1ccccc1-c1nnc(C)o1)C(=O)OCC. The van der Waals surface area contributed by atoms with Crippen LogP contribution in [0.4, 0.5) is 0 Å². The molecule has 0 aliphatic carbocycles. The van der Waals surface area contributed by atoms with Gasteiger partial charge in [-0.3, -0.25) is 4.79 Å². The van der Waals surface area contributed by atoms with Gasteiger partial charge in [0, 0.05) is 6.92 Å². The van der Waals surface area contributed by atoms with Crippen LogP contribution in [0.25, 0.3) is 11.5 Å². The molecule has 0 spiro atoms. The van der Waals surface area contributed by atoms with Crippen LogP contribution in [-0.2, 0) is 9.53 Å². The Morgan fingerprint density at radius 1 is 1.38 bits per heavy atom. The number of aromatic nitrogens is 2. The predicted octanol–water partition coefficient (Wildman–Crippen LogP) is 2.28. The van der Waals surface area contributed by atoms with Gasteiger partial charge in [0.25, 0.3) is 5.91 Å². The van der Waals surface area contributed by atoms with Gasteiger partial charge in [-0.1, -0.05) is 18.2 Å². The largest absolute Gasteiger partial charge is 0.464 e. The van der Waals surface area contributed by atoms with Crippen molar-refractivity contribution in [2.45, 2.75) is 26.3 Å². The lowest BCUT2D eigenvalue weighted by atomic mass is 10.1. The van der Waals surface area contributed by atoms with Crippen LogP contribution < -0.4 is 5.32 Å². The van der Waals surface area contributed by atoms with Crippen molar-refractivity contribution in [2.24, 2.45) is 0 Å². The number of amides is 1. The van der Waals surface area contributed by atoms with Crippen LogP contribution in [0.15, 0.2) is 41.3 Å². The summed E-state index contributed by atoms with van der Waals surface area (Å²) in [5, 5.41) is 10.4. The number of benzene rings is 1. The Hall–Kier alpha value is -2.96. The lowest BCUT2D eigenvalue weighted by molar-refractivity contribution is -0.145. The monoisotopic (exact) mass is 329 g/mol. The fourth-order valence-electron chi connectivity index (χ4n) is 2.13. The minimum atomic E-state index is -0.799. The number of aryl methyl sites for hydroxylation is 1. The highest BCUT2D eigenvalue weighted by Gasteiger charge is 2.23. The molecular formula is C17H19N3O4. The van der Waals surface area contributed by atoms with Crippen LogP contribution in [0.2, 0.25) is 0 Å². The Morgan fingerprint density at radius 3 is 2.75 bits per heavy atom. The number of hydrogen-bond acceptors (Lipinski definition) is 6. The lowest BCUT2D eigenvalue weighted by Gasteiger charge is -2.16. The van der Waals surface area contributed by atoms with Gasteiger partial charge in [-0.15, -0.1) is 16.8 Å². The van der Waals surface area contributed by atoms with Crippen molar-refractivity contribution in [3.63, 3.8) is 0 Å². The Kier molecular flexibility index (Phi) is 5.83. The maximum Gasteiger partial charge on any atom is 0.328 e. The van der Waals surface area contributed by atoms with Crippen LogP contribution >= 0.6 is 0 Å². The minimum Gasteiger partial charge on any atom is -0.464 e. The highest BCUT2D eigenvalue weighted by molar-refractivity contribution is 6.01. The van der Waals surface area contributed by atoms with Crippen molar-refractivity contribution in [2.75, 3.05) is 6.61 Å². The molecule has 0 aliphatic rings. The summed E-state index contributed by atoms with van der Waals surface area (Å²) in [6.07, 6.45) is 1.82. The molecule has 1 atom stereocenters. The molecule has 1 aromatic heterocycles. The van der Waals surface area contributed by atoms with Gasteiger partial charge in [0.1, 0.15) is 6.04 Å². The summed E-state index contributed by atoms with van der Waals surface area (Å²) in [4.78, 5) is 24.5. The molecule has 0 aliphatic heterocycles. The summed E-state index contributed by atoms with van der Waals surface area (Å²) < 4.78 is 10.4. The van der Waals surface area contributed by atoms with E-state index >= 15 is 0 Å². The Balaban J connectivity index is 2.26. The number of nitrogens with zero attached hydrogens (tertiary/aromatic N) is 2. The molecule has 1 aromatic carbocycles. The maximum absolute atomic E-state index is 12.6. The van der Waals surface area contributed by atoms with Gasteiger partial charge < -0.3 is 14.5 Å². The first-order valence-corrected chi connectivity index (χ1v) is 7.54. The van der Waals surface area contributed by atoms with Gasteiger partial charge in [0.05, 0.1) is 17.7 Å². The third kappa shape index (κ3) is 4.07. The van der Waals surface area contributed by atoms with Crippen molar-refractivity contribution in [3.05, 3.63) is 48.4 Å². The second kappa shape index (κ2) is 8.05. The number of rotatable bonds is 7. The summed E-state index contributed by atoms with van der Waals surface area (Å²) in [5.41, 5.74) is 0.830. The highest BCUT2D eigenvalue weighted by atomic mass is 16.5. The molecule has 126 valence electrons. The standard InChI is InChI=1S/C17H19N3O4/c1-4-8-14(17(22)23-5-2)18-15(21)12-9-6-7-10-13(12)16-20-19-11(3)24-16/h4,6-7,9-10,14H,1,5,8H2,2-3H3,(H,18,21)/t14-/m1/s1. The number of nitrogens with one attached hydrogen (secondary N) is 1. The zero-order chi connectivity index (χ0) is 17.5. The third-order valence-corrected chi connectivity index (χ3v) is 3.21. The molecular weight excluding hydrogens is 310 g/mol. The topological polar surface area (TPSA) is 94.3 Å². The molecule has 0 saturated heterocycles. The van der Waals surface area contributed by atoms with E-state index in [1.165, 1.54) is 0 Å². The second-order valence-electron chi connectivity index (χ2n) is 4.97. The zero-order valence-electron chi connectivity index (χ0n) is 13.6. The fourth-order valence-corrected chi connectivity index (χ4v) is 2.13. The normalized spacial score (nSPS) is 11.6. The van der Waals surface area contributed by atoms with Crippen LogP contribution in [0.1, 0.15) is 29.6 Å². The summed E-state index contributed by atoms with van der Waals surface area (Å²) in [7, 11) is 0. The summed E-state index contributed by atoms with van der Waals surface area (Å²) in [5.74, 6) is -0.288. The average molecular weight is 329 g/mol. The van der Waals surface area contributed by atoms with E-state index in [1.807, 2.05) is 0 Å². The van der Waals surface area contributed by atoms with Gasteiger partial charge in [0.2, 0.25) is 11.8 Å². The fraction of sp³-hybridized carbons (Fsp3) is 0.294. The molecule has 7 nitrogen and oxygen atoms in total. The van der Waals surface area contributed by atoms with E-state index < -0.39 is 17.9 Å². The van der Waals surface area contributed by atoms with Crippen LogP contribution in [0, 0.1) is 6.92 Å². The van der Waals surface area contributed by atoms with Gasteiger partial charge in [-0.2, -0.15) is 0 Å². The van der Waals surface area contributed by atoms with E-state index in [0.29, 0.717) is 17.0 Å². The van der Waals surface area contributed by atoms with Crippen LogP contribution in [0.3, 0.4) is 0 Å². The molecule has 1 heterocycles. The molecule has 24 heavy (non-hydrogen) atoms. The molecule has 0 radical (unpaired) electrons.